The molecular weight excluding hydrogens is 234 g/mol. The van der Waals surface area contributed by atoms with Crippen molar-refractivity contribution in [1.82, 2.24) is 0 Å². The van der Waals surface area contributed by atoms with Crippen molar-refractivity contribution in [3.05, 3.63) is 36.9 Å². The molecular formula is C13H17NS2. The first-order valence-electron chi connectivity index (χ1n) is 5.57. The second-order valence-electron chi connectivity index (χ2n) is 3.80. The van der Waals surface area contributed by atoms with Crippen LogP contribution in [-0.4, -0.2) is 23.3 Å². The SMILES string of the molecule is C=CCSc1ccccc1NC1CCSC1. The summed E-state index contributed by atoms with van der Waals surface area (Å²) < 4.78 is 0. The molecule has 1 aromatic carbocycles. The van der Waals surface area contributed by atoms with E-state index in [-0.39, 0.29) is 0 Å². The monoisotopic (exact) mass is 251 g/mol. The Hall–Kier alpha value is -0.540. The maximum absolute atomic E-state index is 3.76. The molecule has 1 atom stereocenters. The highest BCUT2D eigenvalue weighted by Crippen LogP contribution is 2.29. The second-order valence-corrected chi connectivity index (χ2v) is 6.01. The molecule has 1 heterocycles. The summed E-state index contributed by atoms with van der Waals surface area (Å²) in [5.74, 6) is 3.50. The van der Waals surface area contributed by atoms with E-state index in [1.807, 2.05) is 29.6 Å². The first-order chi connectivity index (χ1) is 7.90. The molecule has 0 amide bonds. The van der Waals surface area contributed by atoms with Crippen LogP contribution in [0.25, 0.3) is 0 Å². The summed E-state index contributed by atoms with van der Waals surface area (Å²) >= 11 is 3.88. The second kappa shape index (κ2) is 6.26. The van der Waals surface area contributed by atoms with Crippen LogP contribution in [0.15, 0.2) is 41.8 Å². The van der Waals surface area contributed by atoms with E-state index >= 15 is 0 Å². The first-order valence-corrected chi connectivity index (χ1v) is 7.71. The van der Waals surface area contributed by atoms with E-state index in [0.717, 1.165) is 5.75 Å². The van der Waals surface area contributed by atoms with Crippen LogP contribution in [0.5, 0.6) is 0 Å². The zero-order valence-corrected chi connectivity index (χ0v) is 10.9. The highest BCUT2D eigenvalue weighted by atomic mass is 32.2. The Bertz CT molecular complexity index is 346. The van der Waals surface area contributed by atoms with Crippen LogP contribution in [0.2, 0.25) is 0 Å². The van der Waals surface area contributed by atoms with Crippen molar-refractivity contribution in [3.63, 3.8) is 0 Å². The molecule has 0 radical (unpaired) electrons. The molecule has 1 fully saturated rings. The summed E-state index contributed by atoms with van der Waals surface area (Å²) in [5.41, 5.74) is 1.28. The third-order valence-electron chi connectivity index (χ3n) is 2.53. The van der Waals surface area contributed by atoms with Gasteiger partial charge in [0, 0.05) is 28.1 Å². The van der Waals surface area contributed by atoms with Crippen molar-refractivity contribution < 1.29 is 0 Å². The Morgan fingerprint density at radius 1 is 1.50 bits per heavy atom. The fourth-order valence-electron chi connectivity index (χ4n) is 1.73. The molecule has 1 nitrogen and oxygen atoms in total. The molecule has 1 aromatic rings. The lowest BCUT2D eigenvalue weighted by molar-refractivity contribution is 0.810. The van der Waals surface area contributed by atoms with Crippen LogP contribution in [0, 0.1) is 0 Å². The van der Waals surface area contributed by atoms with Crippen molar-refractivity contribution in [2.24, 2.45) is 0 Å². The van der Waals surface area contributed by atoms with Crippen molar-refractivity contribution in [2.75, 3.05) is 22.6 Å². The van der Waals surface area contributed by atoms with Gasteiger partial charge in [-0.2, -0.15) is 11.8 Å². The van der Waals surface area contributed by atoms with E-state index in [1.165, 1.54) is 28.5 Å². The zero-order valence-electron chi connectivity index (χ0n) is 9.32. The molecule has 1 aliphatic rings. The molecule has 1 saturated heterocycles. The van der Waals surface area contributed by atoms with Crippen molar-refractivity contribution in [2.45, 2.75) is 17.4 Å². The zero-order chi connectivity index (χ0) is 11.2. The lowest BCUT2D eigenvalue weighted by Crippen LogP contribution is -2.18. The van der Waals surface area contributed by atoms with Crippen molar-refractivity contribution >= 4 is 29.2 Å². The Labute approximate surface area is 106 Å². The van der Waals surface area contributed by atoms with E-state index in [1.54, 1.807) is 0 Å². The average molecular weight is 251 g/mol. The van der Waals surface area contributed by atoms with Gasteiger partial charge in [-0.15, -0.1) is 18.3 Å². The average Bonchev–Trinajstić information content (AvgIpc) is 2.81. The summed E-state index contributed by atoms with van der Waals surface area (Å²) in [6.07, 6.45) is 3.23. The smallest absolute Gasteiger partial charge is 0.0480 e. The molecule has 0 aromatic heterocycles. The summed E-state index contributed by atoms with van der Waals surface area (Å²) in [5, 5.41) is 3.64. The molecule has 0 aliphatic carbocycles. The largest absolute Gasteiger partial charge is 0.381 e. The van der Waals surface area contributed by atoms with Crippen molar-refractivity contribution in [3.8, 4) is 0 Å². The molecule has 1 unspecified atom stereocenters. The third kappa shape index (κ3) is 3.22. The van der Waals surface area contributed by atoms with Crippen LogP contribution >= 0.6 is 23.5 Å². The van der Waals surface area contributed by atoms with Gasteiger partial charge in [0.05, 0.1) is 0 Å². The molecule has 2 rings (SSSR count). The molecule has 3 heteroatoms. The van der Waals surface area contributed by atoms with Crippen molar-refractivity contribution in [1.29, 1.82) is 0 Å². The van der Waals surface area contributed by atoms with E-state index in [0.29, 0.717) is 6.04 Å². The highest BCUT2D eigenvalue weighted by molar-refractivity contribution is 7.99. The Balaban J connectivity index is 2.02. The van der Waals surface area contributed by atoms with Gasteiger partial charge >= 0.3 is 0 Å². The topological polar surface area (TPSA) is 12.0 Å². The number of para-hydroxylation sites is 1. The fraction of sp³-hybridized carbons (Fsp3) is 0.385. The fourth-order valence-corrected chi connectivity index (χ4v) is 3.64. The third-order valence-corrected chi connectivity index (χ3v) is 4.76. The molecule has 86 valence electrons. The number of anilines is 1. The minimum Gasteiger partial charge on any atom is -0.381 e. The van der Waals surface area contributed by atoms with Gasteiger partial charge < -0.3 is 5.32 Å². The molecule has 0 bridgehead atoms. The summed E-state index contributed by atoms with van der Waals surface area (Å²) in [7, 11) is 0. The Morgan fingerprint density at radius 2 is 2.38 bits per heavy atom. The molecule has 0 spiro atoms. The molecule has 1 aliphatic heterocycles. The van der Waals surface area contributed by atoms with Gasteiger partial charge in [-0.3, -0.25) is 0 Å². The van der Waals surface area contributed by atoms with Crippen LogP contribution in [-0.2, 0) is 0 Å². The van der Waals surface area contributed by atoms with Crippen LogP contribution in [0.4, 0.5) is 5.69 Å². The normalized spacial score (nSPS) is 19.6. The van der Waals surface area contributed by atoms with Crippen LogP contribution < -0.4 is 5.32 Å². The van der Waals surface area contributed by atoms with E-state index in [4.69, 9.17) is 0 Å². The first kappa shape index (κ1) is 11.9. The quantitative estimate of drug-likeness (QED) is 0.630. The highest BCUT2D eigenvalue weighted by Gasteiger charge is 2.15. The van der Waals surface area contributed by atoms with Gasteiger partial charge in [0.1, 0.15) is 0 Å². The standard InChI is InChI=1S/C13H17NS2/c1-2-8-16-13-6-4-3-5-12(13)14-11-7-9-15-10-11/h2-6,11,14H,1,7-10H2. The number of benzene rings is 1. The maximum Gasteiger partial charge on any atom is 0.0480 e. The van der Waals surface area contributed by atoms with E-state index in [9.17, 15) is 0 Å². The summed E-state index contributed by atoms with van der Waals surface area (Å²) in [6, 6.07) is 9.20. The minimum absolute atomic E-state index is 0.649. The van der Waals surface area contributed by atoms with Gasteiger partial charge in [-0.25, -0.2) is 0 Å². The number of nitrogens with one attached hydrogen (secondary N) is 1. The molecule has 16 heavy (non-hydrogen) atoms. The Kier molecular flexibility index (Phi) is 4.67. The number of thioether (sulfide) groups is 2. The van der Waals surface area contributed by atoms with Gasteiger partial charge in [0.15, 0.2) is 0 Å². The lowest BCUT2D eigenvalue weighted by Gasteiger charge is -2.15. The van der Waals surface area contributed by atoms with Gasteiger partial charge in [0.25, 0.3) is 0 Å². The lowest BCUT2D eigenvalue weighted by atomic mass is 10.2. The van der Waals surface area contributed by atoms with E-state index < -0.39 is 0 Å². The van der Waals surface area contributed by atoms with Gasteiger partial charge in [-0.1, -0.05) is 18.2 Å². The summed E-state index contributed by atoms with van der Waals surface area (Å²) in [4.78, 5) is 1.33. The maximum atomic E-state index is 3.76. The van der Waals surface area contributed by atoms with E-state index in [2.05, 4.69) is 36.2 Å². The predicted octanol–water partition coefficient (Wildman–Crippen LogP) is 3.88. The number of hydrogen-bond acceptors (Lipinski definition) is 3. The number of hydrogen-bond donors (Lipinski definition) is 1. The van der Waals surface area contributed by atoms with Crippen LogP contribution in [0.3, 0.4) is 0 Å². The summed E-state index contributed by atoms with van der Waals surface area (Å²) in [6.45, 7) is 3.76. The Morgan fingerprint density at radius 3 is 3.12 bits per heavy atom. The number of rotatable bonds is 5. The van der Waals surface area contributed by atoms with Gasteiger partial charge in [-0.05, 0) is 24.3 Å². The van der Waals surface area contributed by atoms with Gasteiger partial charge in [0.2, 0.25) is 0 Å². The molecule has 1 N–H and O–H groups in total. The predicted molar refractivity (Wildman–Crippen MR) is 76.7 cm³/mol. The molecule has 0 saturated carbocycles. The van der Waals surface area contributed by atoms with Crippen LogP contribution in [0.1, 0.15) is 6.42 Å². The minimum atomic E-state index is 0.649.